The number of ether oxygens (including phenoxy) is 2. The number of hydrogen-bond donors (Lipinski definition) is 1. The van der Waals surface area contributed by atoms with Crippen molar-refractivity contribution in [3.63, 3.8) is 0 Å². The molecule has 0 radical (unpaired) electrons. The van der Waals surface area contributed by atoms with E-state index >= 15 is 0 Å². The van der Waals surface area contributed by atoms with Gasteiger partial charge >= 0.3 is 0 Å². The summed E-state index contributed by atoms with van der Waals surface area (Å²) in [7, 11) is 1.61. The predicted molar refractivity (Wildman–Crippen MR) is 120 cm³/mol. The number of hydrogen-bond acceptors (Lipinski definition) is 5. The standard InChI is InChI=1S/C26H24N2O5/c1-32-15-6-8-17(9-7-15)33-16-4-2-14(3-5-16)27-22(29)13-28-25(30)23-18-10-11-19(21-12-20(18)21)24(23)26(28)31/h2-11,18-21,23-24H,12-13H2,1H3,(H,27,29)/t18-,19-,20-,21+,23-,24-/m1/s1. The lowest BCUT2D eigenvalue weighted by Gasteiger charge is -2.37. The third-order valence-electron chi connectivity index (χ3n) is 7.49. The van der Waals surface area contributed by atoms with Crippen molar-refractivity contribution in [3.05, 3.63) is 60.7 Å². The molecule has 0 aromatic heterocycles. The smallest absolute Gasteiger partial charge is 0.244 e. The third kappa shape index (κ3) is 3.30. The van der Waals surface area contributed by atoms with E-state index in [0.717, 1.165) is 12.2 Å². The summed E-state index contributed by atoms with van der Waals surface area (Å²) >= 11 is 0. The van der Waals surface area contributed by atoms with Crippen LogP contribution < -0.4 is 14.8 Å². The number of likely N-dealkylation sites (tertiary alicyclic amines) is 1. The van der Waals surface area contributed by atoms with Crippen LogP contribution in [0.3, 0.4) is 0 Å². The summed E-state index contributed by atoms with van der Waals surface area (Å²) in [5.74, 6) is 2.13. The molecule has 0 spiro atoms. The molecule has 2 saturated carbocycles. The zero-order valence-corrected chi connectivity index (χ0v) is 18.1. The number of carbonyl (C=O) groups is 3. The maximum absolute atomic E-state index is 13.0. The van der Waals surface area contributed by atoms with Gasteiger partial charge in [0.25, 0.3) is 0 Å². The first-order valence-electron chi connectivity index (χ1n) is 11.3. The molecule has 2 aromatic rings. The molecule has 7 heteroatoms. The van der Waals surface area contributed by atoms with E-state index in [2.05, 4.69) is 17.5 Å². The highest BCUT2D eigenvalue weighted by atomic mass is 16.5. The van der Waals surface area contributed by atoms with Gasteiger partial charge in [-0.3, -0.25) is 19.3 Å². The Hall–Kier alpha value is -3.61. The van der Waals surface area contributed by atoms with E-state index in [9.17, 15) is 14.4 Å². The molecule has 1 saturated heterocycles. The second-order valence-electron chi connectivity index (χ2n) is 9.27. The van der Waals surface area contributed by atoms with E-state index in [-0.39, 0.29) is 47.9 Å². The molecule has 5 aliphatic rings. The van der Waals surface area contributed by atoms with Gasteiger partial charge in [0.1, 0.15) is 23.8 Å². The largest absolute Gasteiger partial charge is 0.497 e. The number of anilines is 1. The fourth-order valence-corrected chi connectivity index (χ4v) is 5.90. The molecule has 3 fully saturated rings. The number of amides is 3. The average molecular weight is 444 g/mol. The Morgan fingerprint density at radius 3 is 1.94 bits per heavy atom. The van der Waals surface area contributed by atoms with Gasteiger partial charge in [-0.25, -0.2) is 0 Å². The van der Waals surface area contributed by atoms with Crippen molar-refractivity contribution in [2.45, 2.75) is 6.42 Å². The molecule has 4 aliphatic carbocycles. The summed E-state index contributed by atoms with van der Waals surface area (Å²) in [5, 5.41) is 2.78. The lowest BCUT2D eigenvalue weighted by Crippen LogP contribution is -2.40. The summed E-state index contributed by atoms with van der Waals surface area (Å²) < 4.78 is 10.9. The molecular formula is C26H24N2O5. The van der Waals surface area contributed by atoms with Crippen LogP contribution in [0, 0.1) is 35.5 Å². The Balaban J connectivity index is 1.08. The maximum atomic E-state index is 13.0. The minimum Gasteiger partial charge on any atom is -0.497 e. The van der Waals surface area contributed by atoms with Crippen molar-refractivity contribution in [2.75, 3.05) is 19.0 Å². The molecular weight excluding hydrogens is 420 g/mol. The average Bonchev–Trinajstić information content (AvgIpc) is 3.62. The summed E-state index contributed by atoms with van der Waals surface area (Å²) in [4.78, 5) is 39.8. The van der Waals surface area contributed by atoms with Crippen molar-refractivity contribution in [1.29, 1.82) is 0 Å². The van der Waals surface area contributed by atoms with Gasteiger partial charge in [0.2, 0.25) is 17.7 Å². The Bertz CT molecular complexity index is 1120. The van der Waals surface area contributed by atoms with E-state index in [1.807, 2.05) is 12.1 Å². The molecule has 1 aliphatic heterocycles. The zero-order chi connectivity index (χ0) is 22.7. The molecule has 3 amide bonds. The first-order valence-corrected chi connectivity index (χ1v) is 11.3. The number of benzene rings is 2. The van der Waals surface area contributed by atoms with E-state index in [1.54, 1.807) is 43.5 Å². The first kappa shape index (κ1) is 20.0. The highest BCUT2D eigenvalue weighted by molar-refractivity contribution is 6.09. The summed E-state index contributed by atoms with van der Waals surface area (Å²) in [6.07, 6.45) is 5.38. The molecule has 6 atom stereocenters. The Morgan fingerprint density at radius 1 is 0.879 bits per heavy atom. The molecule has 0 unspecified atom stereocenters. The maximum Gasteiger partial charge on any atom is 0.244 e. The van der Waals surface area contributed by atoms with Gasteiger partial charge in [0, 0.05) is 5.69 Å². The highest BCUT2D eigenvalue weighted by Gasteiger charge is 2.67. The van der Waals surface area contributed by atoms with Gasteiger partial charge in [-0.1, -0.05) is 12.2 Å². The van der Waals surface area contributed by atoms with Crippen molar-refractivity contribution in [2.24, 2.45) is 35.5 Å². The summed E-state index contributed by atoms with van der Waals surface area (Å²) in [6.45, 7) is -0.246. The fraction of sp³-hybridized carbons (Fsp3) is 0.346. The van der Waals surface area contributed by atoms with Crippen LogP contribution in [0.25, 0.3) is 0 Å². The fourth-order valence-electron chi connectivity index (χ4n) is 5.90. The van der Waals surface area contributed by atoms with Crippen LogP contribution in [0.2, 0.25) is 0 Å². The van der Waals surface area contributed by atoms with E-state index < -0.39 is 0 Å². The van der Waals surface area contributed by atoms with Gasteiger partial charge in [-0.15, -0.1) is 0 Å². The van der Waals surface area contributed by atoms with Gasteiger partial charge < -0.3 is 14.8 Å². The molecule has 2 bridgehead atoms. The van der Waals surface area contributed by atoms with Crippen molar-refractivity contribution in [1.82, 2.24) is 4.90 Å². The lowest BCUT2D eigenvalue weighted by molar-refractivity contribution is -0.142. The molecule has 7 rings (SSSR count). The van der Waals surface area contributed by atoms with Gasteiger partial charge in [0.15, 0.2) is 0 Å². The SMILES string of the molecule is COc1ccc(Oc2ccc(NC(=O)CN3C(=O)[C@@H]4[C@@H]5C=C[C@H]([C@@H]6C[C@H]56)[C@H]4C3=O)cc2)cc1. The molecule has 168 valence electrons. The monoisotopic (exact) mass is 444 g/mol. The Morgan fingerprint density at radius 2 is 1.39 bits per heavy atom. The van der Waals surface area contributed by atoms with Gasteiger partial charge in [-0.2, -0.15) is 0 Å². The topological polar surface area (TPSA) is 84.9 Å². The first-order chi connectivity index (χ1) is 16.0. The number of imide groups is 1. The molecule has 2 aromatic carbocycles. The van der Waals surface area contributed by atoms with Crippen LogP contribution in [-0.2, 0) is 14.4 Å². The second kappa shape index (κ2) is 7.47. The number of rotatable bonds is 6. The Labute approximate surface area is 191 Å². The summed E-state index contributed by atoms with van der Waals surface area (Å²) in [6, 6.07) is 14.2. The van der Waals surface area contributed by atoms with E-state index in [4.69, 9.17) is 9.47 Å². The lowest BCUT2D eigenvalue weighted by atomic mass is 9.63. The molecule has 7 nitrogen and oxygen atoms in total. The van der Waals surface area contributed by atoms with Crippen LogP contribution in [0.4, 0.5) is 5.69 Å². The number of carbonyl (C=O) groups excluding carboxylic acids is 3. The van der Waals surface area contributed by atoms with Crippen molar-refractivity contribution < 1.29 is 23.9 Å². The minimum atomic E-state index is -0.385. The predicted octanol–water partition coefficient (Wildman–Crippen LogP) is 3.48. The van der Waals surface area contributed by atoms with E-state index in [0.29, 0.717) is 29.0 Å². The van der Waals surface area contributed by atoms with Crippen LogP contribution in [0.15, 0.2) is 60.7 Å². The summed E-state index contributed by atoms with van der Waals surface area (Å²) in [5.41, 5.74) is 0.571. The van der Waals surface area contributed by atoms with Crippen LogP contribution in [-0.4, -0.2) is 36.3 Å². The highest BCUT2D eigenvalue weighted by Crippen LogP contribution is 2.65. The normalized spacial score (nSPS) is 30.6. The van der Waals surface area contributed by atoms with Crippen LogP contribution in [0.1, 0.15) is 6.42 Å². The van der Waals surface area contributed by atoms with Crippen LogP contribution >= 0.6 is 0 Å². The van der Waals surface area contributed by atoms with E-state index in [1.165, 1.54) is 4.90 Å². The van der Waals surface area contributed by atoms with Gasteiger partial charge in [-0.05, 0) is 78.6 Å². The quantitative estimate of drug-likeness (QED) is 0.545. The minimum absolute atomic E-state index is 0.160. The molecule has 1 heterocycles. The van der Waals surface area contributed by atoms with Crippen molar-refractivity contribution in [3.8, 4) is 17.2 Å². The molecule has 1 N–H and O–H groups in total. The van der Waals surface area contributed by atoms with Crippen LogP contribution in [0.5, 0.6) is 17.2 Å². The second-order valence-corrected chi connectivity index (χ2v) is 9.27. The molecule has 33 heavy (non-hydrogen) atoms. The third-order valence-corrected chi connectivity index (χ3v) is 7.49. The number of methoxy groups -OCH3 is 1. The van der Waals surface area contributed by atoms with Crippen molar-refractivity contribution >= 4 is 23.4 Å². The number of allylic oxidation sites excluding steroid dienone is 2. The number of nitrogens with one attached hydrogen (secondary N) is 1. The number of nitrogens with zero attached hydrogens (tertiary/aromatic N) is 1. The Kier molecular flexibility index (Phi) is 4.54. The zero-order valence-electron chi connectivity index (χ0n) is 18.1. The van der Waals surface area contributed by atoms with Gasteiger partial charge in [0.05, 0.1) is 18.9 Å².